The van der Waals surface area contributed by atoms with E-state index in [4.69, 9.17) is 0 Å². The van der Waals surface area contributed by atoms with Crippen molar-refractivity contribution in [2.24, 2.45) is 0 Å². The summed E-state index contributed by atoms with van der Waals surface area (Å²) < 4.78 is 24.4. The van der Waals surface area contributed by atoms with Crippen molar-refractivity contribution in [2.75, 3.05) is 12.8 Å². The first-order valence-electron chi connectivity index (χ1n) is 8.02. The summed E-state index contributed by atoms with van der Waals surface area (Å²) in [4.78, 5) is 8.80. The third-order valence-electron chi connectivity index (χ3n) is 4.04. The Balaban J connectivity index is 1.84. The number of aromatic nitrogens is 2. The fraction of sp³-hybridized carbons (Fsp3) is 0.529. The Hall–Kier alpha value is -1.53. The van der Waals surface area contributed by atoms with Crippen molar-refractivity contribution in [1.29, 1.82) is 0 Å². The van der Waals surface area contributed by atoms with Crippen LogP contribution >= 0.6 is 0 Å². The molecule has 1 heterocycles. The Kier molecular flexibility index (Phi) is 6.07. The largest absolute Gasteiger partial charge is 0.241 e. The van der Waals surface area contributed by atoms with Gasteiger partial charge in [0, 0.05) is 11.9 Å². The fourth-order valence-corrected chi connectivity index (χ4v) is 3.11. The summed E-state index contributed by atoms with van der Waals surface area (Å²) in [5.41, 5.74) is 4.63. The van der Waals surface area contributed by atoms with Gasteiger partial charge in [0.05, 0.1) is 17.5 Å². The molecular formula is C17H25N3O2S. The van der Waals surface area contributed by atoms with Crippen LogP contribution < -0.4 is 4.72 Å². The summed E-state index contributed by atoms with van der Waals surface area (Å²) >= 11 is 0. The first kappa shape index (κ1) is 17.8. The second-order valence-corrected chi connectivity index (χ2v) is 7.94. The predicted molar refractivity (Wildman–Crippen MR) is 94.0 cm³/mol. The van der Waals surface area contributed by atoms with E-state index in [2.05, 4.69) is 40.7 Å². The van der Waals surface area contributed by atoms with E-state index in [1.54, 1.807) is 6.33 Å². The molecule has 0 atom stereocenters. The van der Waals surface area contributed by atoms with E-state index in [1.807, 2.05) is 0 Å². The van der Waals surface area contributed by atoms with Gasteiger partial charge >= 0.3 is 0 Å². The molecule has 0 unspecified atom stereocenters. The number of unbranched alkanes of at least 4 members (excludes halogenated alkanes) is 3. The second kappa shape index (κ2) is 7.84. The summed E-state index contributed by atoms with van der Waals surface area (Å²) in [5.74, 6) is 0. The molecule has 0 amide bonds. The van der Waals surface area contributed by atoms with Crippen LogP contribution in [0, 0.1) is 13.8 Å². The summed E-state index contributed by atoms with van der Waals surface area (Å²) in [5, 5.41) is 1.15. The maximum Gasteiger partial charge on any atom is 0.208 e. The summed E-state index contributed by atoms with van der Waals surface area (Å²) in [6, 6.07) is 4.29. The van der Waals surface area contributed by atoms with Gasteiger partial charge in [-0.3, -0.25) is 0 Å². The van der Waals surface area contributed by atoms with Gasteiger partial charge in [0.15, 0.2) is 0 Å². The summed E-state index contributed by atoms with van der Waals surface area (Å²) in [6.45, 7) is 4.73. The highest BCUT2D eigenvalue weighted by Crippen LogP contribution is 2.21. The van der Waals surface area contributed by atoms with Crippen molar-refractivity contribution in [3.05, 3.63) is 35.3 Å². The minimum Gasteiger partial charge on any atom is -0.241 e. The molecule has 0 aliphatic heterocycles. The molecule has 126 valence electrons. The Labute approximate surface area is 138 Å². The zero-order valence-corrected chi connectivity index (χ0v) is 14.9. The van der Waals surface area contributed by atoms with Gasteiger partial charge in [-0.2, -0.15) is 0 Å². The molecule has 1 N–H and O–H groups in total. The molecule has 1 aromatic carbocycles. The van der Waals surface area contributed by atoms with E-state index in [0.29, 0.717) is 6.54 Å². The number of hydrogen-bond donors (Lipinski definition) is 1. The average molecular weight is 335 g/mol. The molecule has 0 saturated carbocycles. The quantitative estimate of drug-likeness (QED) is 0.753. The van der Waals surface area contributed by atoms with Gasteiger partial charge < -0.3 is 0 Å². The van der Waals surface area contributed by atoms with Crippen LogP contribution in [0.3, 0.4) is 0 Å². The Morgan fingerprint density at radius 3 is 2.43 bits per heavy atom. The molecule has 1 aromatic heterocycles. The van der Waals surface area contributed by atoms with Gasteiger partial charge in [0.2, 0.25) is 10.0 Å². The third kappa shape index (κ3) is 5.55. The fourth-order valence-electron chi connectivity index (χ4n) is 2.60. The topological polar surface area (TPSA) is 72.0 Å². The van der Waals surface area contributed by atoms with Crippen molar-refractivity contribution in [3.63, 3.8) is 0 Å². The number of benzene rings is 1. The Bertz CT molecular complexity index is 773. The van der Waals surface area contributed by atoms with E-state index in [9.17, 15) is 8.42 Å². The minimum absolute atomic E-state index is 0.522. The lowest BCUT2D eigenvalue weighted by Gasteiger charge is -2.08. The van der Waals surface area contributed by atoms with Gasteiger partial charge in [-0.25, -0.2) is 23.1 Å². The van der Waals surface area contributed by atoms with Crippen LogP contribution in [0.5, 0.6) is 0 Å². The molecule has 0 fully saturated rings. The van der Waals surface area contributed by atoms with Gasteiger partial charge in [0.1, 0.15) is 6.33 Å². The van der Waals surface area contributed by atoms with Crippen LogP contribution in [0.1, 0.15) is 42.5 Å². The van der Waals surface area contributed by atoms with Crippen LogP contribution in [0.15, 0.2) is 18.5 Å². The summed E-state index contributed by atoms with van der Waals surface area (Å²) in [7, 11) is -3.06. The SMILES string of the molecule is Cc1cc2ncnc(CCCCCCNS(C)(=O)=O)c2cc1C. The van der Waals surface area contributed by atoms with Crippen LogP contribution in [0.2, 0.25) is 0 Å². The van der Waals surface area contributed by atoms with E-state index < -0.39 is 10.0 Å². The first-order valence-corrected chi connectivity index (χ1v) is 9.91. The molecule has 2 aromatic rings. The normalized spacial score (nSPS) is 12.0. The highest BCUT2D eigenvalue weighted by Gasteiger charge is 2.06. The maximum absolute atomic E-state index is 11.0. The van der Waals surface area contributed by atoms with Gasteiger partial charge in [-0.05, 0) is 56.4 Å². The minimum atomic E-state index is -3.06. The lowest BCUT2D eigenvalue weighted by molar-refractivity contribution is 0.577. The van der Waals surface area contributed by atoms with E-state index >= 15 is 0 Å². The number of sulfonamides is 1. The Morgan fingerprint density at radius 2 is 1.70 bits per heavy atom. The molecule has 0 bridgehead atoms. The second-order valence-electron chi connectivity index (χ2n) is 6.10. The molecule has 0 aliphatic carbocycles. The zero-order chi connectivity index (χ0) is 16.9. The third-order valence-corrected chi connectivity index (χ3v) is 4.77. The molecule has 2 rings (SSSR count). The lowest BCUT2D eigenvalue weighted by atomic mass is 10.0. The molecule has 6 heteroatoms. The molecular weight excluding hydrogens is 310 g/mol. The predicted octanol–water partition coefficient (Wildman–Crippen LogP) is 2.90. The van der Waals surface area contributed by atoms with Gasteiger partial charge in [0.25, 0.3) is 0 Å². The van der Waals surface area contributed by atoms with Gasteiger partial charge in [-0.15, -0.1) is 0 Å². The van der Waals surface area contributed by atoms with Crippen molar-refractivity contribution in [3.8, 4) is 0 Å². The van der Waals surface area contributed by atoms with E-state index in [1.165, 1.54) is 17.4 Å². The number of fused-ring (bicyclic) bond motifs is 1. The number of hydrogen-bond acceptors (Lipinski definition) is 4. The molecule has 0 saturated heterocycles. The molecule has 23 heavy (non-hydrogen) atoms. The molecule has 0 aliphatic rings. The Morgan fingerprint density at radius 1 is 1.00 bits per heavy atom. The monoisotopic (exact) mass is 335 g/mol. The zero-order valence-electron chi connectivity index (χ0n) is 14.1. The van der Waals surface area contributed by atoms with Crippen LogP contribution in [-0.2, 0) is 16.4 Å². The van der Waals surface area contributed by atoms with E-state index in [-0.39, 0.29) is 0 Å². The highest BCUT2D eigenvalue weighted by molar-refractivity contribution is 7.88. The van der Waals surface area contributed by atoms with Crippen molar-refractivity contribution < 1.29 is 8.42 Å². The first-order chi connectivity index (χ1) is 10.9. The number of nitrogens with one attached hydrogen (secondary N) is 1. The van der Waals surface area contributed by atoms with Crippen molar-refractivity contribution in [1.82, 2.24) is 14.7 Å². The van der Waals surface area contributed by atoms with E-state index in [0.717, 1.165) is 48.7 Å². The smallest absolute Gasteiger partial charge is 0.208 e. The average Bonchev–Trinajstić information content (AvgIpc) is 2.47. The van der Waals surface area contributed by atoms with Crippen molar-refractivity contribution in [2.45, 2.75) is 46.0 Å². The number of rotatable bonds is 8. The lowest BCUT2D eigenvalue weighted by Crippen LogP contribution is -2.22. The number of aryl methyl sites for hydroxylation is 3. The van der Waals surface area contributed by atoms with Crippen LogP contribution in [-0.4, -0.2) is 31.2 Å². The molecule has 0 radical (unpaired) electrons. The van der Waals surface area contributed by atoms with Crippen molar-refractivity contribution >= 4 is 20.9 Å². The van der Waals surface area contributed by atoms with Crippen LogP contribution in [0.4, 0.5) is 0 Å². The molecule has 5 nitrogen and oxygen atoms in total. The highest BCUT2D eigenvalue weighted by atomic mass is 32.2. The molecule has 0 spiro atoms. The standard InChI is InChI=1S/C17H25N3O2S/c1-13-10-15-16(18-12-19-17(15)11-14(13)2)8-6-4-5-7-9-20-23(3,21)22/h10-12,20H,4-9H2,1-3H3. The number of nitrogens with zero attached hydrogens (tertiary/aromatic N) is 2. The maximum atomic E-state index is 11.0. The summed E-state index contributed by atoms with van der Waals surface area (Å²) in [6.07, 6.45) is 7.78. The van der Waals surface area contributed by atoms with Crippen LogP contribution in [0.25, 0.3) is 10.9 Å². The van der Waals surface area contributed by atoms with Gasteiger partial charge in [-0.1, -0.05) is 12.8 Å².